The molecule has 31 heavy (non-hydrogen) atoms. The van der Waals surface area contributed by atoms with Crippen LogP contribution in [0.5, 0.6) is 0 Å². The Balaban J connectivity index is 1.51. The lowest BCUT2D eigenvalue weighted by Gasteiger charge is -2.16. The summed E-state index contributed by atoms with van der Waals surface area (Å²) in [6.07, 6.45) is 0. The van der Waals surface area contributed by atoms with Gasteiger partial charge in [0.05, 0.1) is 15.9 Å². The van der Waals surface area contributed by atoms with E-state index in [2.05, 4.69) is 15.3 Å². The van der Waals surface area contributed by atoms with E-state index < -0.39 is 15.3 Å². The number of primary sulfonamides is 1. The zero-order chi connectivity index (χ0) is 21.8. The van der Waals surface area contributed by atoms with Crippen LogP contribution < -0.4 is 10.5 Å². The van der Waals surface area contributed by atoms with E-state index in [-0.39, 0.29) is 17.3 Å². The summed E-state index contributed by atoms with van der Waals surface area (Å²) < 4.78 is 22.8. The van der Waals surface area contributed by atoms with E-state index in [1.807, 2.05) is 54.6 Å². The van der Waals surface area contributed by atoms with Gasteiger partial charge in [-0.25, -0.2) is 18.5 Å². The minimum atomic E-state index is -3.75. The molecule has 4 rings (SSSR count). The maximum absolute atomic E-state index is 13.1. The van der Waals surface area contributed by atoms with Gasteiger partial charge in [0.2, 0.25) is 15.9 Å². The minimum absolute atomic E-state index is 0.0326. The summed E-state index contributed by atoms with van der Waals surface area (Å²) in [6.45, 7) is 0.258. The Labute approximate surface area is 184 Å². The highest BCUT2D eigenvalue weighted by atomic mass is 32.2. The standard InChI is InChI=1S/C22H20N4O3S2/c23-31(28,29)17-12-10-15(11-13-17)14-24-21(27)20(16-6-2-1-3-7-16)30-22-25-18-8-4-5-9-19(18)26-22/h1-13,20H,14H2,(H,24,27)(H,25,26)(H2,23,28,29). The van der Waals surface area contributed by atoms with Crippen molar-refractivity contribution in [2.24, 2.45) is 5.14 Å². The van der Waals surface area contributed by atoms with Gasteiger partial charge < -0.3 is 10.3 Å². The molecule has 0 aliphatic heterocycles. The van der Waals surface area contributed by atoms with Crippen molar-refractivity contribution in [3.05, 3.63) is 90.0 Å². The third-order valence-electron chi connectivity index (χ3n) is 4.66. The largest absolute Gasteiger partial charge is 0.351 e. The molecule has 1 amide bonds. The molecule has 0 aliphatic rings. The summed E-state index contributed by atoms with van der Waals surface area (Å²) >= 11 is 1.34. The molecular weight excluding hydrogens is 432 g/mol. The van der Waals surface area contributed by atoms with Crippen LogP contribution in [0.25, 0.3) is 11.0 Å². The summed E-state index contributed by atoms with van der Waals surface area (Å²) in [5.74, 6) is -0.174. The number of hydrogen-bond donors (Lipinski definition) is 3. The van der Waals surface area contributed by atoms with Crippen molar-refractivity contribution >= 4 is 38.7 Å². The van der Waals surface area contributed by atoms with Crippen LogP contribution >= 0.6 is 11.8 Å². The number of amides is 1. The molecule has 0 radical (unpaired) electrons. The number of thioether (sulfide) groups is 1. The van der Waals surface area contributed by atoms with Gasteiger partial charge in [-0.2, -0.15) is 0 Å². The summed E-state index contributed by atoms with van der Waals surface area (Å²) in [5.41, 5.74) is 3.37. The Kier molecular flexibility index (Phi) is 6.08. The molecule has 0 aliphatic carbocycles. The number of hydrogen-bond acceptors (Lipinski definition) is 5. The quantitative estimate of drug-likeness (QED) is 0.372. The molecule has 0 spiro atoms. The number of nitrogens with two attached hydrogens (primary N) is 1. The fourth-order valence-corrected chi connectivity index (χ4v) is 4.62. The average Bonchev–Trinajstić information content (AvgIpc) is 3.19. The van der Waals surface area contributed by atoms with E-state index in [0.717, 1.165) is 22.2 Å². The van der Waals surface area contributed by atoms with Crippen molar-refractivity contribution in [1.82, 2.24) is 15.3 Å². The van der Waals surface area contributed by atoms with Crippen molar-refractivity contribution in [2.45, 2.75) is 21.8 Å². The molecule has 4 aromatic rings. The van der Waals surface area contributed by atoms with Gasteiger partial charge >= 0.3 is 0 Å². The van der Waals surface area contributed by atoms with Gasteiger partial charge in [-0.1, -0.05) is 66.4 Å². The number of nitrogens with one attached hydrogen (secondary N) is 2. The van der Waals surface area contributed by atoms with E-state index >= 15 is 0 Å². The number of para-hydroxylation sites is 2. The molecule has 0 saturated heterocycles. The summed E-state index contributed by atoms with van der Waals surface area (Å²) in [7, 11) is -3.75. The number of benzene rings is 3. The SMILES string of the molecule is NS(=O)(=O)c1ccc(CNC(=O)C(Sc2nc3ccccc3[nH]2)c2ccccc2)cc1. The highest BCUT2D eigenvalue weighted by molar-refractivity contribution is 8.00. The van der Waals surface area contributed by atoms with Gasteiger partial charge in [-0.15, -0.1) is 0 Å². The van der Waals surface area contributed by atoms with Gasteiger partial charge in [0, 0.05) is 6.54 Å². The van der Waals surface area contributed by atoms with Gasteiger partial charge in [-0.05, 0) is 35.4 Å². The molecule has 1 aromatic heterocycles. The Hall–Kier alpha value is -3.14. The fourth-order valence-electron chi connectivity index (χ4n) is 3.08. The number of carbonyl (C=O) groups is 1. The van der Waals surface area contributed by atoms with E-state index in [0.29, 0.717) is 5.16 Å². The molecular formula is C22H20N4O3S2. The molecule has 0 bridgehead atoms. The number of aromatic amines is 1. The van der Waals surface area contributed by atoms with Gasteiger partial charge in [0.15, 0.2) is 5.16 Å². The number of nitrogens with zero attached hydrogens (tertiary/aromatic N) is 1. The van der Waals surface area contributed by atoms with E-state index in [1.54, 1.807) is 12.1 Å². The Morgan fingerprint density at radius 3 is 2.35 bits per heavy atom. The predicted octanol–water partition coefficient (Wildman–Crippen LogP) is 3.36. The number of aromatic nitrogens is 2. The molecule has 0 saturated carbocycles. The lowest BCUT2D eigenvalue weighted by Crippen LogP contribution is -2.27. The molecule has 4 N–H and O–H groups in total. The number of sulfonamides is 1. The van der Waals surface area contributed by atoms with E-state index in [4.69, 9.17) is 5.14 Å². The zero-order valence-corrected chi connectivity index (χ0v) is 18.0. The molecule has 1 atom stereocenters. The van der Waals surface area contributed by atoms with E-state index in [9.17, 15) is 13.2 Å². The Morgan fingerprint density at radius 1 is 1.00 bits per heavy atom. The smallest absolute Gasteiger partial charge is 0.238 e. The van der Waals surface area contributed by atoms with Crippen LogP contribution in [0.1, 0.15) is 16.4 Å². The topological polar surface area (TPSA) is 118 Å². The highest BCUT2D eigenvalue weighted by Gasteiger charge is 2.23. The second-order valence-corrected chi connectivity index (χ2v) is 9.53. The first-order valence-corrected chi connectivity index (χ1v) is 11.9. The minimum Gasteiger partial charge on any atom is -0.351 e. The van der Waals surface area contributed by atoms with Crippen LogP contribution in [-0.4, -0.2) is 24.3 Å². The normalized spacial score (nSPS) is 12.5. The van der Waals surface area contributed by atoms with Gasteiger partial charge in [-0.3, -0.25) is 4.79 Å². The van der Waals surface area contributed by atoms with Crippen molar-refractivity contribution in [2.75, 3.05) is 0 Å². The summed E-state index contributed by atoms with van der Waals surface area (Å²) in [6, 6.07) is 23.3. The molecule has 1 unspecified atom stereocenters. The lowest BCUT2D eigenvalue weighted by molar-refractivity contribution is -0.120. The van der Waals surface area contributed by atoms with Crippen molar-refractivity contribution < 1.29 is 13.2 Å². The van der Waals surface area contributed by atoms with Crippen LogP contribution in [-0.2, 0) is 21.4 Å². The Morgan fingerprint density at radius 2 is 1.68 bits per heavy atom. The van der Waals surface area contributed by atoms with Gasteiger partial charge in [0.25, 0.3) is 0 Å². The third-order valence-corrected chi connectivity index (χ3v) is 6.72. The third kappa shape index (κ3) is 5.13. The van der Waals surface area contributed by atoms with Crippen LogP contribution in [0, 0.1) is 0 Å². The first kappa shape index (κ1) is 21.1. The van der Waals surface area contributed by atoms with E-state index in [1.165, 1.54) is 23.9 Å². The van der Waals surface area contributed by atoms with Crippen LogP contribution in [0.15, 0.2) is 88.9 Å². The second-order valence-electron chi connectivity index (χ2n) is 6.87. The van der Waals surface area contributed by atoms with Crippen LogP contribution in [0.2, 0.25) is 0 Å². The highest BCUT2D eigenvalue weighted by Crippen LogP contribution is 2.34. The number of carbonyl (C=O) groups excluding carboxylic acids is 1. The number of fused-ring (bicyclic) bond motifs is 1. The monoisotopic (exact) mass is 452 g/mol. The zero-order valence-electron chi connectivity index (χ0n) is 16.4. The van der Waals surface area contributed by atoms with Crippen LogP contribution in [0.4, 0.5) is 0 Å². The van der Waals surface area contributed by atoms with Crippen molar-refractivity contribution in [3.63, 3.8) is 0 Å². The molecule has 7 nitrogen and oxygen atoms in total. The van der Waals surface area contributed by atoms with Crippen molar-refractivity contribution in [1.29, 1.82) is 0 Å². The summed E-state index contributed by atoms with van der Waals surface area (Å²) in [5, 5.41) is 8.20. The van der Waals surface area contributed by atoms with Crippen molar-refractivity contribution in [3.8, 4) is 0 Å². The number of imidazole rings is 1. The maximum atomic E-state index is 13.1. The lowest BCUT2D eigenvalue weighted by atomic mass is 10.1. The molecule has 158 valence electrons. The Bertz CT molecular complexity index is 1270. The first-order chi connectivity index (χ1) is 14.9. The van der Waals surface area contributed by atoms with Crippen LogP contribution in [0.3, 0.4) is 0 Å². The average molecular weight is 453 g/mol. The number of H-pyrrole nitrogens is 1. The maximum Gasteiger partial charge on any atom is 0.238 e. The predicted molar refractivity (Wildman–Crippen MR) is 121 cm³/mol. The summed E-state index contributed by atoms with van der Waals surface area (Å²) in [4.78, 5) is 20.9. The van der Waals surface area contributed by atoms with Gasteiger partial charge in [0.1, 0.15) is 5.25 Å². The molecule has 9 heteroatoms. The fraction of sp³-hybridized carbons (Fsp3) is 0.0909. The molecule has 3 aromatic carbocycles. The second kappa shape index (κ2) is 8.93. The molecule has 1 heterocycles. The first-order valence-electron chi connectivity index (χ1n) is 9.46. The number of rotatable bonds is 7. The molecule has 0 fully saturated rings.